The van der Waals surface area contributed by atoms with Crippen molar-refractivity contribution in [1.29, 1.82) is 0 Å². The number of Topliss-reactive ketones (excluding diaryl/α,β-unsaturated/α-hetero) is 1. The standard InChI is InChI=1S/C10H16O5S/c1-5-6-7(5)10(12,15-16(4,13)14)9(2,3)8(6)11/h5-7,12H,1-4H3. The lowest BCUT2D eigenvalue weighted by Gasteiger charge is -2.36. The Morgan fingerprint density at radius 2 is 1.88 bits per heavy atom. The first kappa shape index (κ1) is 12.0. The summed E-state index contributed by atoms with van der Waals surface area (Å²) in [5, 5.41) is 10.4. The summed E-state index contributed by atoms with van der Waals surface area (Å²) in [5.41, 5.74) is -1.17. The van der Waals surface area contributed by atoms with E-state index in [2.05, 4.69) is 0 Å². The van der Waals surface area contributed by atoms with Crippen LogP contribution in [0.15, 0.2) is 0 Å². The van der Waals surface area contributed by atoms with Crippen LogP contribution >= 0.6 is 0 Å². The molecular formula is C10H16O5S. The quantitative estimate of drug-likeness (QED) is 0.555. The van der Waals surface area contributed by atoms with Gasteiger partial charge in [0.05, 0.1) is 11.7 Å². The maximum absolute atomic E-state index is 11.9. The van der Waals surface area contributed by atoms with E-state index in [0.717, 1.165) is 6.26 Å². The predicted molar refractivity (Wildman–Crippen MR) is 55.8 cm³/mol. The Morgan fingerprint density at radius 1 is 1.38 bits per heavy atom. The normalized spacial score (nSPS) is 45.6. The van der Waals surface area contributed by atoms with Gasteiger partial charge >= 0.3 is 0 Å². The number of hydrogen-bond donors (Lipinski definition) is 1. The molecular weight excluding hydrogens is 232 g/mol. The highest BCUT2D eigenvalue weighted by Crippen LogP contribution is 2.67. The number of fused-ring (bicyclic) bond motifs is 1. The van der Waals surface area contributed by atoms with Crippen molar-refractivity contribution in [2.75, 3.05) is 6.26 Å². The minimum Gasteiger partial charge on any atom is -0.364 e. The minimum absolute atomic E-state index is 0.00715. The average molecular weight is 248 g/mol. The molecule has 0 aromatic carbocycles. The minimum atomic E-state index is -3.79. The van der Waals surface area contributed by atoms with Crippen LogP contribution in [0.5, 0.6) is 0 Å². The number of rotatable bonds is 2. The molecule has 16 heavy (non-hydrogen) atoms. The third kappa shape index (κ3) is 1.30. The van der Waals surface area contributed by atoms with Crippen LogP contribution in [0.4, 0.5) is 0 Å². The Kier molecular flexibility index (Phi) is 2.15. The third-order valence-corrected chi connectivity index (χ3v) is 4.48. The van der Waals surface area contributed by atoms with Crippen molar-refractivity contribution in [2.45, 2.75) is 26.6 Å². The van der Waals surface area contributed by atoms with Crippen LogP contribution < -0.4 is 0 Å². The largest absolute Gasteiger partial charge is 0.364 e. The van der Waals surface area contributed by atoms with E-state index in [4.69, 9.17) is 4.18 Å². The molecule has 1 N–H and O–H groups in total. The molecule has 0 aromatic rings. The molecule has 0 saturated heterocycles. The summed E-state index contributed by atoms with van der Waals surface area (Å²) in [5.74, 6) is -2.67. The van der Waals surface area contributed by atoms with Gasteiger partial charge in [-0.25, -0.2) is 4.18 Å². The van der Waals surface area contributed by atoms with Gasteiger partial charge in [-0.15, -0.1) is 0 Å². The first-order valence-electron chi connectivity index (χ1n) is 5.19. The van der Waals surface area contributed by atoms with Crippen LogP contribution in [0, 0.1) is 23.2 Å². The highest BCUT2D eigenvalue weighted by Gasteiger charge is 2.77. The molecule has 5 nitrogen and oxygen atoms in total. The fourth-order valence-electron chi connectivity index (χ4n) is 2.86. The fourth-order valence-corrected chi connectivity index (χ4v) is 3.65. The van der Waals surface area contributed by atoms with Crippen LogP contribution in [-0.2, 0) is 19.1 Å². The predicted octanol–water partition coefficient (Wildman–Crippen LogP) is 0.142. The first-order valence-corrected chi connectivity index (χ1v) is 7.01. The van der Waals surface area contributed by atoms with Crippen molar-refractivity contribution in [1.82, 2.24) is 0 Å². The van der Waals surface area contributed by atoms with Crippen molar-refractivity contribution in [3.05, 3.63) is 0 Å². The molecule has 92 valence electrons. The van der Waals surface area contributed by atoms with Gasteiger partial charge in [0, 0.05) is 11.8 Å². The molecule has 0 spiro atoms. The maximum Gasteiger partial charge on any atom is 0.267 e. The van der Waals surface area contributed by atoms with Gasteiger partial charge in [-0.2, -0.15) is 8.42 Å². The van der Waals surface area contributed by atoms with Crippen LogP contribution in [0.3, 0.4) is 0 Å². The molecule has 0 amide bonds. The SMILES string of the molecule is CC1C2C(=O)C(C)(C)C(O)(OS(C)(=O)=O)C12. The lowest BCUT2D eigenvalue weighted by Crippen LogP contribution is -2.51. The molecule has 2 saturated carbocycles. The summed E-state index contributed by atoms with van der Waals surface area (Å²) in [6, 6.07) is 0. The maximum atomic E-state index is 11.9. The highest BCUT2D eigenvalue weighted by molar-refractivity contribution is 7.86. The Bertz CT molecular complexity index is 452. The molecule has 0 heterocycles. The molecule has 0 aliphatic heterocycles. The smallest absolute Gasteiger partial charge is 0.267 e. The first-order chi connectivity index (χ1) is 7.02. The van der Waals surface area contributed by atoms with E-state index in [-0.39, 0.29) is 17.6 Å². The van der Waals surface area contributed by atoms with E-state index in [1.807, 2.05) is 6.92 Å². The zero-order chi connectivity index (χ0) is 12.5. The second kappa shape index (κ2) is 2.86. The lowest BCUT2D eigenvalue weighted by molar-refractivity contribution is -0.210. The Morgan fingerprint density at radius 3 is 2.25 bits per heavy atom. The van der Waals surface area contributed by atoms with Gasteiger partial charge in [-0.1, -0.05) is 6.92 Å². The molecule has 2 aliphatic rings. The number of hydrogen-bond acceptors (Lipinski definition) is 5. The van der Waals surface area contributed by atoms with E-state index in [0.29, 0.717) is 0 Å². The van der Waals surface area contributed by atoms with Gasteiger partial charge in [-0.3, -0.25) is 4.79 Å². The average Bonchev–Trinajstić information content (AvgIpc) is 2.68. The summed E-state index contributed by atoms with van der Waals surface area (Å²) in [7, 11) is -3.79. The Balaban J connectivity index is 2.43. The summed E-state index contributed by atoms with van der Waals surface area (Å²) in [6.45, 7) is 4.87. The van der Waals surface area contributed by atoms with Crippen molar-refractivity contribution in [3.63, 3.8) is 0 Å². The van der Waals surface area contributed by atoms with Gasteiger partial charge in [0.1, 0.15) is 5.78 Å². The van der Waals surface area contributed by atoms with E-state index < -0.39 is 27.2 Å². The number of ketones is 1. The molecule has 6 heteroatoms. The molecule has 2 fully saturated rings. The zero-order valence-electron chi connectivity index (χ0n) is 9.72. The van der Waals surface area contributed by atoms with E-state index in [1.165, 1.54) is 13.8 Å². The van der Waals surface area contributed by atoms with Gasteiger partial charge in [0.2, 0.25) is 0 Å². The Hall–Kier alpha value is -0.460. The second-order valence-corrected chi connectivity index (χ2v) is 6.96. The third-order valence-electron chi connectivity index (χ3n) is 3.92. The van der Waals surface area contributed by atoms with Gasteiger partial charge in [0.15, 0.2) is 5.79 Å². The zero-order valence-corrected chi connectivity index (χ0v) is 10.5. The molecule has 0 aromatic heterocycles. The molecule has 4 atom stereocenters. The van der Waals surface area contributed by atoms with Gasteiger partial charge in [0.25, 0.3) is 10.1 Å². The van der Waals surface area contributed by atoms with Crippen molar-refractivity contribution in [3.8, 4) is 0 Å². The Labute approximate surface area is 94.9 Å². The highest BCUT2D eigenvalue weighted by atomic mass is 32.2. The van der Waals surface area contributed by atoms with Gasteiger partial charge in [-0.05, 0) is 19.8 Å². The topological polar surface area (TPSA) is 80.7 Å². The van der Waals surface area contributed by atoms with Crippen LogP contribution in [0.1, 0.15) is 20.8 Å². The van der Waals surface area contributed by atoms with Crippen molar-refractivity contribution < 1.29 is 22.5 Å². The number of carbonyl (C=O) groups is 1. The molecule has 4 unspecified atom stereocenters. The van der Waals surface area contributed by atoms with E-state index in [1.54, 1.807) is 0 Å². The monoisotopic (exact) mass is 248 g/mol. The van der Waals surface area contributed by atoms with Gasteiger partial charge < -0.3 is 5.11 Å². The molecule has 2 rings (SSSR count). The molecule has 2 aliphatic carbocycles. The fraction of sp³-hybridized carbons (Fsp3) is 0.900. The van der Waals surface area contributed by atoms with Crippen molar-refractivity contribution >= 4 is 15.9 Å². The number of aliphatic hydroxyl groups is 1. The lowest BCUT2D eigenvalue weighted by atomic mass is 9.80. The summed E-state index contributed by atoms with van der Waals surface area (Å²) in [4.78, 5) is 11.9. The van der Waals surface area contributed by atoms with Crippen LogP contribution in [-0.4, -0.2) is 31.4 Å². The summed E-state index contributed by atoms with van der Waals surface area (Å²) < 4.78 is 27.1. The summed E-state index contributed by atoms with van der Waals surface area (Å²) >= 11 is 0. The van der Waals surface area contributed by atoms with Crippen molar-refractivity contribution in [2.24, 2.45) is 23.2 Å². The van der Waals surface area contributed by atoms with E-state index in [9.17, 15) is 18.3 Å². The van der Waals surface area contributed by atoms with E-state index >= 15 is 0 Å². The molecule has 0 bridgehead atoms. The number of carbonyl (C=O) groups excluding carboxylic acids is 1. The van der Waals surface area contributed by atoms with Crippen LogP contribution in [0.2, 0.25) is 0 Å². The van der Waals surface area contributed by atoms with Crippen LogP contribution in [0.25, 0.3) is 0 Å². The second-order valence-electron chi connectivity index (χ2n) is 5.38. The summed E-state index contributed by atoms with van der Waals surface area (Å²) in [6.07, 6.45) is 0.881. The molecule has 0 radical (unpaired) electrons.